The van der Waals surface area contributed by atoms with Crippen LogP contribution in [0.2, 0.25) is 10.0 Å². The fourth-order valence-corrected chi connectivity index (χ4v) is 4.70. The fraction of sp³-hybridized carbons (Fsp3) is 0.417. The smallest absolute Gasteiger partial charge is 0.244 e. The molecular formula is C24H29Cl2N3O6S. The van der Waals surface area contributed by atoms with E-state index in [2.05, 4.69) is 5.32 Å². The van der Waals surface area contributed by atoms with Gasteiger partial charge in [0.2, 0.25) is 28.6 Å². The quantitative estimate of drug-likeness (QED) is 0.476. The Morgan fingerprint density at radius 1 is 1.06 bits per heavy atom. The van der Waals surface area contributed by atoms with E-state index in [9.17, 15) is 18.0 Å². The highest BCUT2D eigenvalue weighted by molar-refractivity contribution is 7.92. The Balaban J connectivity index is 1.92. The van der Waals surface area contributed by atoms with Crippen molar-refractivity contribution in [2.45, 2.75) is 45.8 Å². The number of carbonyl (C=O) groups is 2. The summed E-state index contributed by atoms with van der Waals surface area (Å²) in [4.78, 5) is 27.8. The van der Waals surface area contributed by atoms with Gasteiger partial charge in [-0.25, -0.2) is 8.42 Å². The molecule has 12 heteroatoms. The summed E-state index contributed by atoms with van der Waals surface area (Å²) in [6, 6.07) is 8.53. The summed E-state index contributed by atoms with van der Waals surface area (Å²) in [7, 11) is -3.87. The second kappa shape index (κ2) is 11.6. The van der Waals surface area contributed by atoms with Crippen molar-refractivity contribution in [3.8, 4) is 11.5 Å². The van der Waals surface area contributed by atoms with Crippen LogP contribution in [0.25, 0.3) is 0 Å². The lowest BCUT2D eigenvalue weighted by Crippen LogP contribution is -2.52. The first-order valence-corrected chi connectivity index (χ1v) is 13.9. The summed E-state index contributed by atoms with van der Waals surface area (Å²) in [6.45, 7) is 4.91. The number of nitrogens with zero attached hydrogens (tertiary/aromatic N) is 2. The minimum Gasteiger partial charge on any atom is -0.454 e. The van der Waals surface area contributed by atoms with Gasteiger partial charge < -0.3 is 19.7 Å². The van der Waals surface area contributed by atoms with E-state index in [1.165, 1.54) is 17.0 Å². The maximum atomic E-state index is 13.6. The Morgan fingerprint density at radius 3 is 2.39 bits per heavy atom. The lowest BCUT2D eigenvalue weighted by atomic mass is 10.1. The van der Waals surface area contributed by atoms with Crippen molar-refractivity contribution in [2.24, 2.45) is 0 Å². The molecule has 1 N–H and O–H groups in total. The van der Waals surface area contributed by atoms with Crippen molar-refractivity contribution in [1.29, 1.82) is 0 Å². The molecule has 0 spiro atoms. The second-order valence-corrected chi connectivity index (χ2v) is 11.3. The SMILES string of the molecule is CC[C@H](C)NC(=O)[C@H](C)N(Cc1ccc(Cl)c(Cl)c1)C(=O)CN(c1ccc2c(c1)OCO2)S(C)(=O)=O. The van der Waals surface area contributed by atoms with E-state index < -0.39 is 28.5 Å². The number of sulfonamides is 1. The lowest BCUT2D eigenvalue weighted by Gasteiger charge is -2.32. The standard InChI is InChI=1S/C24H29Cl2N3O6S/c1-5-15(2)27-24(31)16(3)28(12-17-6-8-19(25)20(26)10-17)23(30)13-29(36(4,32)33)18-7-9-21-22(11-18)35-14-34-21/h6-11,15-16H,5,12-14H2,1-4H3,(H,27,31)/t15-,16-/m0/s1. The molecule has 2 atom stereocenters. The van der Waals surface area contributed by atoms with E-state index >= 15 is 0 Å². The molecule has 1 aliphatic rings. The molecule has 2 aromatic rings. The van der Waals surface area contributed by atoms with Crippen LogP contribution in [-0.2, 0) is 26.2 Å². The van der Waals surface area contributed by atoms with E-state index in [4.69, 9.17) is 32.7 Å². The molecule has 0 bridgehead atoms. The first kappa shape index (κ1) is 27.9. The largest absolute Gasteiger partial charge is 0.454 e. The van der Waals surface area contributed by atoms with E-state index in [1.807, 2.05) is 13.8 Å². The molecule has 0 aromatic heterocycles. The van der Waals surface area contributed by atoms with Crippen LogP contribution in [-0.4, -0.2) is 56.8 Å². The number of amides is 2. The van der Waals surface area contributed by atoms with Gasteiger partial charge in [0.05, 0.1) is 22.0 Å². The van der Waals surface area contributed by atoms with E-state index in [0.29, 0.717) is 33.5 Å². The average molecular weight is 558 g/mol. The zero-order chi connectivity index (χ0) is 26.6. The van der Waals surface area contributed by atoms with Gasteiger partial charge in [-0.3, -0.25) is 13.9 Å². The maximum absolute atomic E-state index is 13.6. The molecule has 36 heavy (non-hydrogen) atoms. The predicted octanol–water partition coefficient (Wildman–Crippen LogP) is 3.82. The third kappa shape index (κ3) is 6.74. The van der Waals surface area contributed by atoms with Crippen molar-refractivity contribution >= 4 is 50.7 Å². The summed E-state index contributed by atoms with van der Waals surface area (Å²) in [6.07, 6.45) is 1.72. The van der Waals surface area contributed by atoms with E-state index in [-0.39, 0.29) is 31.0 Å². The van der Waals surface area contributed by atoms with E-state index in [1.54, 1.807) is 31.2 Å². The Bertz CT molecular complexity index is 1240. The number of rotatable bonds is 10. The summed E-state index contributed by atoms with van der Waals surface area (Å²) < 4.78 is 37.0. The molecule has 0 saturated heterocycles. The molecule has 196 valence electrons. The van der Waals surface area contributed by atoms with Gasteiger partial charge in [0.15, 0.2) is 11.5 Å². The number of benzene rings is 2. The first-order valence-electron chi connectivity index (χ1n) is 11.3. The molecule has 2 amide bonds. The minimum atomic E-state index is -3.87. The Hall–Kier alpha value is -2.69. The third-order valence-electron chi connectivity index (χ3n) is 5.83. The van der Waals surface area contributed by atoms with Crippen LogP contribution in [0.4, 0.5) is 5.69 Å². The van der Waals surface area contributed by atoms with Gasteiger partial charge in [-0.2, -0.15) is 0 Å². The number of carbonyl (C=O) groups excluding carboxylic acids is 2. The molecule has 0 unspecified atom stereocenters. The molecule has 9 nitrogen and oxygen atoms in total. The average Bonchev–Trinajstić information content (AvgIpc) is 3.29. The molecule has 0 saturated carbocycles. The molecule has 1 aliphatic heterocycles. The van der Waals surface area contributed by atoms with Crippen LogP contribution in [0.3, 0.4) is 0 Å². The van der Waals surface area contributed by atoms with Crippen LogP contribution in [0.1, 0.15) is 32.8 Å². The number of hydrogen-bond acceptors (Lipinski definition) is 6. The number of halogens is 2. The van der Waals surface area contributed by atoms with Crippen molar-refractivity contribution < 1.29 is 27.5 Å². The van der Waals surface area contributed by atoms with Crippen molar-refractivity contribution in [3.05, 3.63) is 52.0 Å². The van der Waals surface area contributed by atoms with Gasteiger partial charge in [-0.1, -0.05) is 36.2 Å². The Kier molecular flexibility index (Phi) is 8.97. The van der Waals surface area contributed by atoms with Crippen LogP contribution >= 0.6 is 23.2 Å². The zero-order valence-electron chi connectivity index (χ0n) is 20.5. The lowest BCUT2D eigenvalue weighted by molar-refractivity contribution is -0.139. The van der Waals surface area contributed by atoms with Crippen LogP contribution < -0.4 is 19.1 Å². The Labute approximate surface area is 221 Å². The van der Waals surface area contributed by atoms with Crippen molar-refractivity contribution in [3.63, 3.8) is 0 Å². The monoisotopic (exact) mass is 557 g/mol. The summed E-state index contributed by atoms with van der Waals surface area (Å²) >= 11 is 12.2. The van der Waals surface area contributed by atoms with Crippen LogP contribution in [0.5, 0.6) is 11.5 Å². The van der Waals surface area contributed by atoms with Gasteiger partial charge in [0.25, 0.3) is 0 Å². The Morgan fingerprint density at radius 2 is 1.75 bits per heavy atom. The van der Waals surface area contributed by atoms with Crippen molar-refractivity contribution in [2.75, 3.05) is 23.9 Å². The zero-order valence-corrected chi connectivity index (χ0v) is 22.8. The van der Waals surface area contributed by atoms with Gasteiger partial charge in [0.1, 0.15) is 12.6 Å². The molecule has 2 aromatic carbocycles. The van der Waals surface area contributed by atoms with Crippen molar-refractivity contribution in [1.82, 2.24) is 10.2 Å². The number of anilines is 1. The first-order chi connectivity index (χ1) is 16.9. The summed E-state index contributed by atoms with van der Waals surface area (Å²) in [5, 5.41) is 3.53. The number of nitrogens with one attached hydrogen (secondary N) is 1. The highest BCUT2D eigenvalue weighted by Gasteiger charge is 2.31. The normalized spacial score (nSPS) is 14.2. The number of fused-ring (bicyclic) bond motifs is 1. The predicted molar refractivity (Wildman–Crippen MR) is 139 cm³/mol. The molecule has 0 aliphatic carbocycles. The molecule has 1 heterocycles. The van der Waals surface area contributed by atoms with Crippen LogP contribution in [0, 0.1) is 0 Å². The topological polar surface area (TPSA) is 105 Å². The highest BCUT2D eigenvalue weighted by Crippen LogP contribution is 2.36. The highest BCUT2D eigenvalue weighted by atomic mass is 35.5. The summed E-state index contributed by atoms with van der Waals surface area (Å²) in [5.41, 5.74) is 0.872. The maximum Gasteiger partial charge on any atom is 0.244 e. The van der Waals surface area contributed by atoms with Gasteiger partial charge >= 0.3 is 0 Å². The molecular weight excluding hydrogens is 529 g/mol. The van der Waals surface area contributed by atoms with Crippen LogP contribution in [0.15, 0.2) is 36.4 Å². The van der Waals surface area contributed by atoms with Gasteiger partial charge in [-0.05, 0) is 50.1 Å². The summed E-state index contributed by atoms with van der Waals surface area (Å²) in [5.74, 6) is -0.0691. The van der Waals surface area contributed by atoms with E-state index in [0.717, 1.165) is 10.6 Å². The number of hydrogen-bond donors (Lipinski definition) is 1. The number of ether oxygens (including phenoxy) is 2. The molecule has 3 rings (SSSR count). The van der Waals surface area contributed by atoms with Gasteiger partial charge in [-0.15, -0.1) is 0 Å². The third-order valence-corrected chi connectivity index (χ3v) is 7.71. The molecule has 0 radical (unpaired) electrons. The second-order valence-electron chi connectivity index (χ2n) is 8.57. The van der Waals surface area contributed by atoms with Gasteiger partial charge in [0, 0.05) is 18.7 Å². The molecule has 0 fully saturated rings. The fourth-order valence-electron chi connectivity index (χ4n) is 3.54. The minimum absolute atomic E-state index is 0.0174.